The van der Waals surface area contributed by atoms with Gasteiger partial charge in [0.2, 0.25) is 0 Å². The summed E-state index contributed by atoms with van der Waals surface area (Å²) in [5, 5.41) is 12.1. The van der Waals surface area contributed by atoms with Gasteiger partial charge < -0.3 is 11.1 Å². The highest BCUT2D eigenvalue weighted by Gasteiger charge is 2.14. The van der Waals surface area contributed by atoms with E-state index in [0.717, 1.165) is 10.6 Å². The summed E-state index contributed by atoms with van der Waals surface area (Å²) in [6.45, 7) is 2.44. The first-order valence-corrected chi connectivity index (χ1v) is 6.52. The molecule has 0 bridgehead atoms. The molecule has 2 rings (SSSR count). The maximum Gasteiger partial charge on any atom is 0.271 e. The van der Waals surface area contributed by atoms with Gasteiger partial charge in [-0.25, -0.2) is 4.98 Å². The normalized spacial score (nSPS) is 12.3. The fraction of sp³-hybridized carbons (Fsp3) is 0.364. The largest absolute Gasteiger partial charge is 0.344 e. The van der Waals surface area contributed by atoms with Gasteiger partial charge in [0.1, 0.15) is 5.69 Å². The average molecular weight is 265 g/mol. The first kappa shape index (κ1) is 12.7. The Hall–Kier alpha value is -1.73. The van der Waals surface area contributed by atoms with Crippen molar-refractivity contribution in [2.45, 2.75) is 19.4 Å². The molecule has 1 amide bonds. The number of carbonyl (C=O) groups is 1. The van der Waals surface area contributed by atoms with E-state index in [1.807, 2.05) is 6.92 Å². The van der Waals surface area contributed by atoms with Crippen LogP contribution in [-0.2, 0) is 6.42 Å². The lowest BCUT2D eigenvalue weighted by Gasteiger charge is -2.10. The van der Waals surface area contributed by atoms with Gasteiger partial charge in [0.05, 0.1) is 17.2 Å². The second-order valence-electron chi connectivity index (χ2n) is 3.89. The lowest BCUT2D eigenvalue weighted by molar-refractivity contribution is 0.0935. The number of H-pyrrole nitrogens is 1. The lowest BCUT2D eigenvalue weighted by Crippen LogP contribution is -2.26. The van der Waals surface area contributed by atoms with Gasteiger partial charge in [0, 0.05) is 23.6 Å². The summed E-state index contributed by atoms with van der Waals surface area (Å²) in [5.74, 6) is -0.178. The van der Waals surface area contributed by atoms with Crippen molar-refractivity contribution in [3.8, 4) is 0 Å². The van der Waals surface area contributed by atoms with Crippen molar-refractivity contribution in [3.05, 3.63) is 34.0 Å². The van der Waals surface area contributed by atoms with Crippen LogP contribution in [0.25, 0.3) is 0 Å². The Bertz CT molecular complexity index is 507. The highest BCUT2D eigenvalue weighted by Crippen LogP contribution is 2.13. The van der Waals surface area contributed by atoms with Gasteiger partial charge in [0.25, 0.3) is 5.91 Å². The van der Waals surface area contributed by atoms with Crippen LogP contribution in [0.3, 0.4) is 0 Å². The van der Waals surface area contributed by atoms with E-state index in [0.29, 0.717) is 18.7 Å². The zero-order valence-corrected chi connectivity index (χ0v) is 10.8. The molecule has 96 valence electrons. The SMILES string of the molecule is CC(NC(=O)c1csc(CCN)n1)c1cn[nH]c1. The summed E-state index contributed by atoms with van der Waals surface area (Å²) in [7, 11) is 0. The van der Waals surface area contributed by atoms with Crippen molar-refractivity contribution >= 4 is 17.2 Å². The molecule has 1 atom stereocenters. The summed E-state index contributed by atoms with van der Waals surface area (Å²) in [6.07, 6.45) is 4.15. The highest BCUT2D eigenvalue weighted by molar-refractivity contribution is 7.09. The molecule has 0 spiro atoms. The number of thiazole rings is 1. The number of aromatic amines is 1. The van der Waals surface area contributed by atoms with Crippen molar-refractivity contribution in [3.63, 3.8) is 0 Å². The molecule has 6 nitrogen and oxygen atoms in total. The Labute approximate surface area is 109 Å². The van der Waals surface area contributed by atoms with Crippen molar-refractivity contribution in [1.29, 1.82) is 0 Å². The number of hydrogen-bond donors (Lipinski definition) is 3. The quantitative estimate of drug-likeness (QED) is 0.747. The van der Waals surface area contributed by atoms with E-state index in [-0.39, 0.29) is 11.9 Å². The van der Waals surface area contributed by atoms with Crippen LogP contribution in [0.5, 0.6) is 0 Å². The predicted molar refractivity (Wildman–Crippen MR) is 69.3 cm³/mol. The van der Waals surface area contributed by atoms with E-state index in [4.69, 9.17) is 5.73 Å². The second-order valence-corrected chi connectivity index (χ2v) is 4.83. The smallest absolute Gasteiger partial charge is 0.271 e. The summed E-state index contributed by atoms with van der Waals surface area (Å²) in [4.78, 5) is 16.2. The predicted octanol–water partition coefficient (Wildman–Crippen LogP) is 0.858. The monoisotopic (exact) mass is 265 g/mol. The van der Waals surface area contributed by atoms with Gasteiger partial charge >= 0.3 is 0 Å². The van der Waals surface area contributed by atoms with E-state index in [2.05, 4.69) is 20.5 Å². The Morgan fingerprint density at radius 1 is 1.67 bits per heavy atom. The molecule has 2 heterocycles. The number of carbonyl (C=O) groups excluding carboxylic acids is 1. The Balaban J connectivity index is 1.98. The summed E-state index contributed by atoms with van der Waals surface area (Å²) < 4.78 is 0. The van der Waals surface area contributed by atoms with Crippen LogP contribution in [0.2, 0.25) is 0 Å². The van der Waals surface area contributed by atoms with E-state index >= 15 is 0 Å². The van der Waals surface area contributed by atoms with E-state index in [1.165, 1.54) is 11.3 Å². The summed E-state index contributed by atoms with van der Waals surface area (Å²) in [6, 6.07) is -0.101. The van der Waals surface area contributed by atoms with Crippen LogP contribution in [0, 0.1) is 0 Å². The third kappa shape index (κ3) is 2.93. The Kier molecular flexibility index (Phi) is 4.06. The van der Waals surface area contributed by atoms with Gasteiger partial charge in [-0.05, 0) is 13.5 Å². The Morgan fingerprint density at radius 3 is 3.17 bits per heavy atom. The van der Waals surface area contributed by atoms with Crippen LogP contribution in [0.1, 0.15) is 34.0 Å². The number of nitrogens with one attached hydrogen (secondary N) is 2. The van der Waals surface area contributed by atoms with Crippen LogP contribution in [0.15, 0.2) is 17.8 Å². The fourth-order valence-corrected chi connectivity index (χ4v) is 2.30. The third-order valence-corrected chi connectivity index (χ3v) is 3.42. The van der Waals surface area contributed by atoms with E-state index in [1.54, 1.807) is 17.8 Å². The van der Waals surface area contributed by atoms with Crippen molar-refractivity contribution in [2.24, 2.45) is 5.73 Å². The number of rotatable bonds is 5. The van der Waals surface area contributed by atoms with Crippen LogP contribution < -0.4 is 11.1 Å². The maximum atomic E-state index is 11.9. The van der Waals surface area contributed by atoms with Crippen molar-refractivity contribution in [1.82, 2.24) is 20.5 Å². The zero-order valence-electron chi connectivity index (χ0n) is 10.0. The minimum atomic E-state index is -0.178. The number of amides is 1. The van der Waals surface area contributed by atoms with Gasteiger partial charge in [-0.1, -0.05) is 0 Å². The third-order valence-electron chi connectivity index (χ3n) is 2.51. The first-order chi connectivity index (χ1) is 8.70. The topological polar surface area (TPSA) is 96.7 Å². The molecule has 0 aromatic carbocycles. The molecule has 2 aromatic rings. The molecule has 2 aromatic heterocycles. The molecule has 0 aliphatic carbocycles. The Morgan fingerprint density at radius 2 is 2.50 bits per heavy atom. The molecule has 0 saturated carbocycles. The molecule has 18 heavy (non-hydrogen) atoms. The average Bonchev–Trinajstić information content (AvgIpc) is 3.00. The molecule has 4 N–H and O–H groups in total. The maximum absolute atomic E-state index is 11.9. The molecule has 1 unspecified atom stereocenters. The standard InChI is InChI=1S/C11H15N5OS/c1-7(8-4-13-14-5-8)15-11(17)9-6-18-10(16-9)2-3-12/h4-7H,2-3,12H2,1H3,(H,13,14)(H,15,17). The first-order valence-electron chi connectivity index (χ1n) is 5.64. The minimum Gasteiger partial charge on any atom is -0.344 e. The summed E-state index contributed by atoms with van der Waals surface area (Å²) >= 11 is 1.46. The van der Waals surface area contributed by atoms with Gasteiger partial charge in [-0.3, -0.25) is 9.89 Å². The van der Waals surface area contributed by atoms with Gasteiger partial charge in [-0.15, -0.1) is 11.3 Å². The number of nitrogens with two attached hydrogens (primary N) is 1. The number of nitrogens with zero attached hydrogens (tertiary/aromatic N) is 2. The summed E-state index contributed by atoms with van der Waals surface area (Å²) in [5.41, 5.74) is 6.82. The van der Waals surface area contributed by atoms with Crippen LogP contribution in [-0.4, -0.2) is 27.6 Å². The van der Waals surface area contributed by atoms with Crippen molar-refractivity contribution in [2.75, 3.05) is 6.54 Å². The van der Waals surface area contributed by atoms with E-state index < -0.39 is 0 Å². The second kappa shape index (κ2) is 5.74. The van der Waals surface area contributed by atoms with Gasteiger partial charge in [0.15, 0.2) is 0 Å². The molecular formula is C11H15N5OS. The highest BCUT2D eigenvalue weighted by atomic mass is 32.1. The molecule has 0 fully saturated rings. The fourth-order valence-electron chi connectivity index (χ4n) is 1.51. The lowest BCUT2D eigenvalue weighted by atomic mass is 10.2. The number of hydrogen-bond acceptors (Lipinski definition) is 5. The van der Waals surface area contributed by atoms with Gasteiger partial charge in [-0.2, -0.15) is 5.10 Å². The van der Waals surface area contributed by atoms with Crippen molar-refractivity contribution < 1.29 is 4.79 Å². The zero-order chi connectivity index (χ0) is 13.0. The molecule has 0 aliphatic rings. The molecule has 0 radical (unpaired) electrons. The van der Waals surface area contributed by atoms with Crippen LogP contribution in [0.4, 0.5) is 0 Å². The van der Waals surface area contributed by atoms with E-state index in [9.17, 15) is 4.79 Å². The molecule has 0 aliphatic heterocycles. The molecular weight excluding hydrogens is 250 g/mol. The molecule has 0 saturated heterocycles. The number of aromatic nitrogens is 3. The molecule has 7 heteroatoms. The van der Waals surface area contributed by atoms with Crippen LogP contribution >= 0.6 is 11.3 Å². The minimum absolute atomic E-state index is 0.101.